The quantitative estimate of drug-likeness (QED) is 0.597. The Morgan fingerprint density at radius 2 is 1.72 bits per heavy atom. The molecule has 2 heterocycles. The predicted molar refractivity (Wildman–Crippen MR) is 113 cm³/mol. The highest BCUT2D eigenvalue weighted by molar-refractivity contribution is 5.97. The van der Waals surface area contributed by atoms with Gasteiger partial charge in [0.1, 0.15) is 11.6 Å². The standard InChI is InChI=1S/C21H30FN3O3.ClH/c1-2-15-28-19-8-7-17(22)16-18(19)24-13-11-23(12-14-24)9-4-10-25-20(26)5-3-6-21(25)27;/h7-8,16H,2-6,9-15H2,1H3;1H. The molecule has 0 N–H and O–H groups in total. The Hall–Kier alpha value is -1.86. The minimum absolute atomic E-state index is 0. The number of hydrogen-bond acceptors (Lipinski definition) is 5. The number of halogens is 2. The summed E-state index contributed by atoms with van der Waals surface area (Å²) in [6.45, 7) is 7.36. The van der Waals surface area contributed by atoms with Crippen LogP contribution in [0.1, 0.15) is 39.0 Å². The maximum Gasteiger partial charge on any atom is 0.229 e. The van der Waals surface area contributed by atoms with Crippen molar-refractivity contribution in [2.75, 3.05) is 50.8 Å². The first kappa shape index (κ1) is 23.4. The van der Waals surface area contributed by atoms with E-state index in [1.807, 2.05) is 6.92 Å². The number of anilines is 1. The number of likely N-dealkylation sites (tertiary alicyclic amines) is 1. The van der Waals surface area contributed by atoms with Crippen molar-refractivity contribution in [3.05, 3.63) is 24.0 Å². The molecule has 0 atom stereocenters. The number of amides is 2. The van der Waals surface area contributed by atoms with E-state index in [9.17, 15) is 14.0 Å². The summed E-state index contributed by atoms with van der Waals surface area (Å²) in [5.74, 6) is 0.412. The summed E-state index contributed by atoms with van der Waals surface area (Å²) in [6, 6.07) is 4.70. The van der Waals surface area contributed by atoms with Crippen LogP contribution in [0.15, 0.2) is 18.2 Å². The predicted octanol–water partition coefficient (Wildman–Crippen LogP) is 3.09. The number of rotatable bonds is 8. The van der Waals surface area contributed by atoms with Crippen molar-refractivity contribution in [2.24, 2.45) is 0 Å². The maximum absolute atomic E-state index is 13.8. The summed E-state index contributed by atoms with van der Waals surface area (Å²) in [4.78, 5) is 29.7. The summed E-state index contributed by atoms with van der Waals surface area (Å²) in [6.07, 6.45) is 3.36. The summed E-state index contributed by atoms with van der Waals surface area (Å²) in [5, 5.41) is 0. The monoisotopic (exact) mass is 427 g/mol. The first-order chi connectivity index (χ1) is 13.6. The molecule has 6 nitrogen and oxygen atoms in total. The molecule has 0 aromatic heterocycles. The number of ether oxygens (including phenoxy) is 1. The van der Waals surface area contributed by atoms with Crippen LogP contribution in [0, 0.1) is 5.82 Å². The second kappa shape index (κ2) is 11.4. The van der Waals surface area contributed by atoms with Crippen molar-refractivity contribution >= 4 is 29.9 Å². The van der Waals surface area contributed by atoms with Crippen molar-refractivity contribution in [3.8, 4) is 5.75 Å². The van der Waals surface area contributed by atoms with Gasteiger partial charge in [0.15, 0.2) is 0 Å². The molecule has 3 rings (SSSR count). The van der Waals surface area contributed by atoms with Crippen LogP contribution in [-0.4, -0.2) is 67.5 Å². The molecule has 0 saturated carbocycles. The Labute approximate surface area is 178 Å². The van der Waals surface area contributed by atoms with E-state index in [1.54, 1.807) is 12.1 Å². The van der Waals surface area contributed by atoms with Crippen LogP contribution in [0.3, 0.4) is 0 Å². The lowest BCUT2D eigenvalue weighted by atomic mass is 10.1. The number of nitrogens with zero attached hydrogens (tertiary/aromatic N) is 3. The molecule has 0 aliphatic carbocycles. The molecule has 2 aliphatic rings. The summed E-state index contributed by atoms with van der Waals surface area (Å²) < 4.78 is 19.5. The maximum atomic E-state index is 13.8. The fourth-order valence-corrected chi connectivity index (χ4v) is 3.79. The normalized spacial score (nSPS) is 18.0. The third kappa shape index (κ3) is 6.31. The number of carbonyl (C=O) groups is 2. The molecule has 1 aromatic rings. The van der Waals surface area contributed by atoms with Gasteiger partial charge in [-0.15, -0.1) is 12.4 Å². The third-order valence-corrected chi connectivity index (χ3v) is 5.34. The van der Waals surface area contributed by atoms with E-state index in [1.165, 1.54) is 11.0 Å². The first-order valence-electron chi connectivity index (χ1n) is 10.3. The molecule has 2 saturated heterocycles. The highest BCUT2D eigenvalue weighted by Gasteiger charge is 2.26. The Kier molecular flexibility index (Phi) is 9.17. The second-order valence-corrected chi connectivity index (χ2v) is 7.44. The lowest BCUT2D eigenvalue weighted by Gasteiger charge is -2.37. The number of imide groups is 1. The van der Waals surface area contributed by atoms with Gasteiger partial charge in [0.05, 0.1) is 12.3 Å². The van der Waals surface area contributed by atoms with Gasteiger partial charge in [-0.05, 0) is 37.9 Å². The molecule has 8 heteroatoms. The van der Waals surface area contributed by atoms with Crippen LogP contribution in [0.2, 0.25) is 0 Å². The molecule has 2 aliphatic heterocycles. The zero-order chi connectivity index (χ0) is 19.9. The smallest absolute Gasteiger partial charge is 0.229 e. The molecule has 162 valence electrons. The fraction of sp³-hybridized carbons (Fsp3) is 0.619. The fourth-order valence-electron chi connectivity index (χ4n) is 3.79. The van der Waals surface area contributed by atoms with E-state index in [4.69, 9.17) is 4.74 Å². The lowest BCUT2D eigenvalue weighted by Crippen LogP contribution is -2.47. The summed E-state index contributed by atoms with van der Waals surface area (Å²) >= 11 is 0. The van der Waals surface area contributed by atoms with Gasteiger partial charge in [-0.1, -0.05) is 6.92 Å². The number of carbonyl (C=O) groups excluding carboxylic acids is 2. The molecule has 1 aromatic carbocycles. The average molecular weight is 428 g/mol. The topological polar surface area (TPSA) is 53.1 Å². The molecule has 0 unspecified atom stereocenters. The third-order valence-electron chi connectivity index (χ3n) is 5.34. The van der Waals surface area contributed by atoms with Crippen LogP contribution >= 0.6 is 12.4 Å². The Bertz CT molecular complexity index is 680. The van der Waals surface area contributed by atoms with Crippen molar-refractivity contribution in [1.82, 2.24) is 9.80 Å². The Morgan fingerprint density at radius 3 is 2.38 bits per heavy atom. The summed E-state index contributed by atoms with van der Waals surface area (Å²) in [5.41, 5.74) is 0.817. The average Bonchev–Trinajstić information content (AvgIpc) is 2.70. The molecule has 0 spiro atoms. The van der Waals surface area contributed by atoms with Crippen LogP contribution in [0.25, 0.3) is 0 Å². The minimum Gasteiger partial charge on any atom is -0.491 e. The highest BCUT2D eigenvalue weighted by atomic mass is 35.5. The second-order valence-electron chi connectivity index (χ2n) is 7.44. The highest BCUT2D eigenvalue weighted by Crippen LogP contribution is 2.30. The zero-order valence-corrected chi connectivity index (χ0v) is 17.9. The number of piperazine rings is 1. The van der Waals surface area contributed by atoms with E-state index in [2.05, 4.69) is 9.80 Å². The molecule has 0 bridgehead atoms. The Balaban J connectivity index is 0.00000300. The van der Waals surface area contributed by atoms with Gasteiger partial charge >= 0.3 is 0 Å². The lowest BCUT2D eigenvalue weighted by molar-refractivity contribution is -0.148. The van der Waals surface area contributed by atoms with Gasteiger partial charge in [0, 0.05) is 51.6 Å². The van der Waals surface area contributed by atoms with E-state index in [-0.39, 0.29) is 30.0 Å². The number of piperidine rings is 1. The van der Waals surface area contributed by atoms with Crippen LogP contribution < -0.4 is 9.64 Å². The van der Waals surface area contributed by atoms with Gasteiger partial charge in [-0.3, -0.25) is 19.4 Å². The first-order valence-corrected chi connectivity index (χ1v) is 10.3. The largest absolute Gasteiger partial charge is 0.491 e. The van der Waals surface area contributed by atoms with Crippen LogP contribution in [0.5, 0.6) is 5.75 Å². The van der Waals surface area contributed by atoms with Gasteiger partial charge in [-0.25, -0.2) is 4.39 Å². The van der Waals surface area contributed by atoms with Crippen LogP contribution in [-0.2, 0) is 9.59 Å². The summed E-state index contributed by atoms with van der Waals surface area (Å²) in [7, 11) is 0. The van der Waals surface area contributed by atoms with Crippen molar-refractivity contribution in [3.63, 3.8) is 0 Å². The van der Waals surface area contributed by atoms with E-state index < -0.39 is 0 Å². The Morgan fingerprint density at radius 1 is 1.03 bits per heavy atom. The number of hydrogen-bond donors (Lipinski definition) is 0. The number of benzene rings is 1. The molecule has 0 radical (unpaired) electrons. The molecule has 29 heavy (non-hydrogen) atoms. The van der Waals surface area contributed by atoms with Crippen molar-refractivity contribution in [1.29, 1.82) is 0 Å². The van der Waals surface area contributed by atoms with Crippen LogP contribution in [0.4, 0.5) is 10.1 Å². The minimum atomic E-state index is -0.253. The molecular formula is C21H31ClFN3O3. The van der Waals surface area contributed by atoms with E-state index in [0.29, 0.717) is 32.4 Å². The van der Waals surface area contributed by atoms with E-state index in [0.717, 1.165) is 57.0 Å². The zero-order valence-electron chi connectivity index (χ0n) is 17.1. The van der Waals surface area contributed by atoms with Gasteiger partial charge in [0.25, 0.3) is 0 Å². The molecule has 2 fully saturated rings. The van der Waals surface area contributed by atoms with Crippen molar-refractivity contribution in [2.45, 2.75) is 39.0 Å². The van der Waals surface area contributed by atoms with Gasteiger partial charge in [0.2, 0.25) is 11.8 Å². The van der Waals surface area contributed by atoms with Gasteiger partial charge in [-0.2, -0.15) is 0 Å². The van der Waals surface area contributed by atoms with E-state index >= 15 is 0 Å². The van der Waals surface area contributed by atoms with Crippen molar-refractivity contribution < 1.29 is 18.7 Å². The molecular weight excluding hydrogens is 397 g/mol. The molecule has 2 amide bonds. The SMILES string of the molecule is CCCOc1ccc(F)cc1N1CCN(CCCN2C(=O)CCCC2=O)CC1.Cl. The van der Waals surface area contributed by atoms with Gasteiger partial charge < -0.3 is 9.64 Å².